The highest BCUT2D eigenvalue weighted by molar-refractivity contribution is 7.93. The smallest absolute Gasteiger partial charge is 0.222 e. The van der Waals surface area contributed by atoms with Crippen molar-refractivity contribution in [2.45, 2.75) is 34.1 Å². The monoisotopic (exact) mass is 449 g/mol. The van der Waals surface area contributed by atoms with Gasteiger partial charge in [0.25, 0.3) is 0 Å². The van der Waals surface area contributed by atoms with Crippen LogP contribution in [0.4, 0.5) is 0 Å². The third-order valence-electron chi connectivity index (χ3n) is 4.64. The molecule has 1 N–H and O–H groups in total. The molecule has 29 heavy (non-hydrogen) atoms. The van der Waals surface area contributed by atoms with Crippen LogP contribution in [0.1, 0.15) is 36.1 Å². The zero-order chi connectivity index (χ0) is 21.1. The van der Waals surface area contributed by atoms with E-state index in [1.807, 2.05) is 13.8 Å². The van der Waals surface area contributed by atoms with Crippen LogP contribution >= 0.6 is 11.3 Å². The second-order valence-corrected chi connectivity index (χ2v) is 12.0. The lowest BCUT2D eigenvalue weighted by Crippen LogP contribution is -2.31. The van der Waals surface area contributed by atoms with Gasteiger partial charge in [0.2, 0.25) is 10.0 Å². The van der Waals surface area contributed by atoms with Crippen LogP contribution in [-0.4, -0.2) is 23.4 Å². The minimum Gasteiger partial charge on any atom is -0.222 e. The molecule has 0 aliphatic carbocycles. The van der Waals surface area contributed by atoms with E-state index >= 15 is 0 Å². The van der Waals surface area contributed by atoms with E-state index in [-0.39, 0.29) is 21.6 Å². The van der Waals surface area contributed by atoms with E-state index in [0.29, 0.717) is 5.56 Å². The molecule has 154 valence electrons. The van der Waals surface area contributed by atoms with E-state index in [9.17, 15) is 16.8 Å². The Morgan fingerprint density at radius 2 is 1.48 bits per heavy atom. The predicted molar refractivity (Wildman–Crippen MR) is 116 cm³/mol. The number of nitrogens with one attached hydrogen (secondary N) is 1. The molecular formula is C21H23NO4S3. The Morgan fingerprint density at radius 3 is 2.03 bits per heavy atom. The third-order valence-corrected chi connectivity index (χ3v) is 9.61. The molecule has 1 aromatic heterocycles. The van der Waals surface area contributed by atoms with Crippen LogP contribution in [0.3, 0.4) is 0 Å². The Balaban J connectivity index is 1.89. The summed E-state index contributed by atoms with van der Waals surface area (Å²) in [5.74, 6) is 0.290. The van der Waals surface area contributed by atoms with Gasteiger partial charge in [-0.2, -0.15) is 0 Å². The highest BCUT2D eigenvalue weighted by Gasteiger charge is 2.31. The van der Waals surface area contributed by atoms with Gasteiger partial charge in [-0.15, -0.1) is 11.3 Å². The SMILES string of the molecule is CC(C)c1ccc(S(=O)(=O)NCC(c2ccccc2)S(=O)(=O)c2cccs2)cc1. The molecule has 1 unspecified atom stereocenters. The predicted octanol–water partition coefficient (Wildman–Crippen LogP) is 4.37. The van der Waals surface area contributed by atoms with E-state index in [4.69, 9.17) is 0 Å². The fourth-order valence-electron chi connectivity index (χ4n) is 2.94. The number of benzene rings is 2. The Kier molecular flexibility index (Phi) is 6.58. The van der Waals surface area contributed by atoms with Crippen molar-refractivity contribution < 1.29 is 16.8 Å². The number of hydrogen-bond acceptors (Lipinski definition) is 5. The van der Waals surface area contributed by atoms with Gasteiger partial charge in [0, 0.05) is 6.54 Å². The number of sulfone groups is 1. The van der Waals surface area contributed by atoms with Crippen LogP contribution in [0.2, 0.25) is 0 Å². The minimum atomic E-state index is -3.85. The van der Waals surface area contributed by atoms with Gasteiger partial charge in [0.05, 0.1) is 4.90 Å². The maximum atomic E-state index is 13.1. The van der Waals surface area contributed by atoms with Crippen LogP contribution in [0, 0.1) is 0 Å². The summed E-state index contributed by atoms with van der Waals surface area (Å²) in [7, 11) is -7.59. The molecule has 1 atom stereocenters. The fourth-order valence-corrected chi connectivity index (χ4v) is 6.96. The lowest BCUT2D eigenvalue weighted by molar-refractivity contribution is 0.569. The summed E-state index contributed by atoms with van der Waals surface area (Å²) < 4.78 is 54.5. The summed E-state index contributed by atoms with van der Waals surface area (Å²) in [5.41, 5.74) is 1.57. The fraction of sp³-hybridized carbons (Fsp3) is 0.238. The van der Waals surface area contributed by atoms with Crippen molar-refractivity contribution in [3.05, 3.63) is 83.2 Å². The van der Waals surface area contributed by atoms with E-state index in [1.54, 1.807) is 66.0 Å². The summed E-state index contributed by atoms with van der Waals surface area (Å²) in [6, 6.07) is 18.5. The maximum Gasteiger partial charge on any atom is 0.240 e. The molecule has 0 spiro atoms. The molecular weight excluding hydrogens is 426 g/mol. The molecule has 0 amide bonds. The lowest BCUT2D eigenvalue weighted by Gasteiger charge is -2.18. The zero-order valence-electron chi connectivity index (χ0n) is 16.1. The summed E-state index contributed by atoms with van der Waals surface area (Å²) >= 11 is 1.12. The van der Waals surface area contributed by atoms with Gasteiger partial charge >= 0.3 is 0 Å². The van der Waals surface area contributed by atoms with Crippen molar-refractivity contribution in [2.75, 3.05) is 6.54 Å². The molecule has 5 nitrogen and oxygen atoms in total. The average molecular weight is 450 g/mol. The zero-order valence-corrected chi connectivity index (χ0v) is 18.6. The van der Waals surface area contributed by atoms with Crippen LogP contribution in [-0.2, 0) is 19.9 Å². The first kappa shape index (κ1) is 21.7. The molecule has 0 fully saturated rings. The molecule has 0 bridgehead atoms. The van der Waals surface area contributed by atoms with Crippen LogP contribution < -0.4 is 4.72 Å². The van der Waals surface area contributed by atoms with Crippen molar-refractivity contribution >= 4 is 31.2 Å². The Hall–Kier alpha value is -2.00. The second kappa shape index (κ2) is 8.79. The Bertz CT molecular complexity index is 1140. The second-order valence-electron chi connectivity index (χ2n) is 6.95. The normalized spacial score (nSPS) is 13.5. The minimum absolute atomic E-state index is 0.113. The first-order valence-electron chi connectivity index (χ1n) is 9.14. The third kappa shape index (κ3) is 4.95. The first-order valence-corrected chi connectivity index (χ1v) is 13.0. The van der Waals surface area contributed by atoms with Gasteiger partial charge in [-0.05, 0) is 40.6 Å². The summed E-state index contributed by atoms with van der Waals surface area (Å²) in [6.07, 6.45) is 0. The van der Waals surface area contributed by atoms with E-state index in [0.717, 1.165) is 16.9 Å². The number of thiophene rings is 1. The van der Waals surface area contributed by atoms with Crippen molar-refractivity contribution in [3.63, 3.8) is 0 Å². The average Bonchev–Trinajstić information content (AvgIpc) is 3.24. The van der Waals surface area contributed by atoms with Crippen molar-refractivity contribution in [1.82, 2.24) is 4.72 Å². The molecule has 0 aliphatic rings. The van der Waals surface area contributed by atoms with Crippen molar-refractivity contribution in [1.29, 1.82) is 0 Å². The number of sulfonamides is 1. The largest absolute Gasteiger partial charge is 0.240 e. The molecule has 2 aromatic carbocycles. The summed E-state index contributed by atoms with van der Waals surface area (Å²) in [5, 5.41) is 0.669. The van der Waals surface area contributed by atoms with Gasteiger partial charge in [0.15, 0.2) is 9.84 Å². The molecule has 1 heterocycles. The van der Waals surface area contributed by atoms with Gasteiger partial charge in [-0.3, -0.25) is 0 Å². The lowest BCUT2D eigenvalue weighted by atomic mass is 10.0. The molecule has 0 saturated heterocycles. The Labute approximate surface area is 176 Å². The Morgan fingerprint density at radius 1 is 0.828 bits per heavy atom. The van der Waals surface area contributed by atoms with Gasteiger partial charge in [-0.25, -0.2) is 21.6 Å². The number of hydrogen-bond donors (Lipinski definition) is 1. The topological polar surface area (TPSA) is 80.3 Å². The first-order chi connectivity index (χ1) is 13.7. The molecule has 3 aromatic rings. The summed E-state index contributed by atoms with van der Waals surface area (Å²) in [6.45, 7) is 3.81. The van der Waals surface area contributed by atoms with Crippen molar-refractivity contribution in [2.24, 2.45) is 0 Å². The van der Waals surface area contributed by atoms with Gasteiger partial charge in [-0.1, -0.05) is 62.4 Å². The number of rotatable bonds is 8. The molecule has 3 rings (SSSR count). The molecule has 8 heteroatoms. The van der Waals surface area contributed by atoms with Crippen LogP contribution in [0.25, 0.3) is 0 Å². The van der Waals surface area contributed by atoms with Gasteiger partial charge in [0.1, 0.15) is 9.46 Å². The molecule has 0 aliphatic heterocycles. The van der Waals surface area contributed by atoms with E-state index < -0.39 is 25.1 Å². The quantitative estimate of drug-likeness (QED) is 0.554. The van der Waals surface area contributed by atoms with Gasteiger partial charge < -0.3 is 0 Å². The molecule has 0 saturated carbocycles. The van der Waals surface area contributed by atoms with E-state index in [1.165, 1.54) is 6.07 Å². The summed E-state index contributed by atoms with van der Waals surface area (Å²) in [4.78, 5) is 0.113. The van der Waals surface area contributed by atoms with Crippen molar-refractivity contribution in [3.8, 4) is 0 Å². The maximum absolute atomic E-state index is 13.1. The van der Waals surface area contributed by atoms with E-state index in [2.05, 4.69) is 4.72 Å². The molecule has 0 radical (unpaired) electrons. The van der Waals surface area contributed by atoms with Crippen LogP contribution in [0.15, 0.2) is 81.2 Å². The standard InChI is InChI=1S/C21H23NO4S3/c1-16(2)17-10-12-19(13-11-17)29(25,26)22-15-20(18-7-4-3-5-8-18)28(23,24)21-9-6-14-27-21/h3-14,16,20,22H,15H2,1-2H3. The highest BCUT2D eigenvalue weighted by atomic mass is 32.2. The highest BCUT2D eigenvalue weighted by Crippen LogP contribution is 2.31. The van der Waals surface area contributed by atoms with Crippen LogP contribution in [0.5, 0.6) is 0 Å².